The molecule has 0 aliphatic carbocycles. The lowest BCUT2D eigenvalue weighted by Gasteiger charge is -2.05. The topological polar surface area (TPSA) is 84.0 Å². The quantitative estimate of drug-likeness (QED) is 0.695. The van der Waals surface area contributed by atoms with Crippen LogP contribution in [0.4, 0.5) is 5.82 Å². The van der Waals surface area contributed by atoms with Crippen LogP contribution in [0.1, 0.15) is 12.1 Å². The number of hydrogen-bond donors (Lipinski definition) is 2. The Morgan fingerprint density at radius 1 is 1.25 bits per heavy atom. The number of sulfonamides is 1. The van der Waals surface area contributed by atoms with Gasteiger partial charge in [0.2, 0.25) is 10.0 Å². The number of rotatable bonds is 6. The van der Waals surface area contributed by atoms with Crippen molar-refractivity contribution in [2.24, 2.45) is 0 Å². The summed E-state index contributed by atoms with van der Waals surface area (Å²) in [6, 6.07) is 3.70. The van der Waals surface area contributed by atoms with E-state index in [4.69, 9.17) is 0 Å². The SMILES string of the molecule is Cc1ccc(NCCCNS(C)(=O)=O)nn1. The molecule has 0 bridgehead atoms. The van der Waals surface area contributed by atoms with E-state index in [1.54, 1.807) is 0 Å². The van der Waals surface area contributed by atoms with Gasteiger partial charge in [-0.1, -0.05) is 0 Å². The summed E-state index contributed by atoms with van der Waals surface area (Å²) in [5, 5.41) is 10.9. The first-order valence-corrected chi connectivity index (χ1v) is 6.85. The van der Waals surface area contributed by atoms with Crippen LogP contribution in [-0.4, -0.2) is 38.0 Å². The van der Waals surface area contributed by atoms with E-state index in [2.05, 4.69) is 20.2 Å². The van der Waals surface area contributed by atoms with Gasteiger partial charge in [0.05, 0.1) is 11.9 Å². The first kappa shape index (κ1) is 12.9. The molecule has 0 saturated heterocycles. The van der Waals surface area contributed by atoms with Crippen LogP contribution >= 0.6 is 0 Å². The number of anilines is 1. The Morgan fingerprint density at radius 2 is 2.00 bits per heavy atom. The van der Waals surface area contributed by atoms with Crippen molar-refractivity contribution in [3.63, 3.8) is 0 Å². The van der Waals surface area contributed by atoms with Gasteiger partial charge in [-0.15, -0.1) is 5.10 Å². The van der Waals surface area contributed by atoms with E-state index in [1.807, 2.05) is 19.1 Å². The number of nitrogens with one attached hydrogen (secondary N) is 2. The van der Waals surface area contributed by atoms with E-state index in [0.29, 0.717) is 25.3 Å². The predicted molar refractivity (Wildman–Crippen MR) is 62.7 cm³/mol. The summed E-state index contributed by atoms with van der Waals surface area (Å²) in [4.78, 5) is 0. The lowest BCUT2D eigenvalue weighted by molar-refractivity contribution is 0.586. The zero-order chi connectivity index (χ0) is 12.0. The highest BCUT2D eigenvalue weighted by atomic mass is 32.2. The van der Waals surface area contributed by atoms with E-state index >= 15 is 0 Å². The van der Waals surface area contributed by atoms with Gasteiger partial charge in [0, 0.05) is 13.1 Å². The Hall–Kier alpha value is -1.21. The molecule has 0 fully saturated rings. The molecule has 0 radical (unpaired) electrons. The summed E-state index contributed by atoms with van der Waals surface area (Å²) in [7, 11) is -3.08. The van der Waals surface area contributed by atoms with Crippen molar-refractivity contribution < 1.29 is 8.42 Å². The Morgan fingerprint density at radius 3 is 2.56 bits per heavy atom. The molecule has 1 aromatic rings. The van der Waals surface area contributed by atoms with E-state index < -0.39 is 10.0 Å². The number of nitrogens with zero attached hydrogens (tertiary/aromatic N) is 2. The standard InChI is InChI=1S/C9H16N4O2S/c1-8-4-5-9(13-12-8)10-6-3-7-11-16(2,14)15/h4-5,11H,3,6-7H2,1-2H3,(H,10,13). The number of hydrogen-bond acceptors (Lipinski definition) is 5. The lowest BCUT2D eigenvalue weighted by atomic mass is 10.4. The van der Waals surface area contributed by atoms with Crippen molar-refractivity contribution in [1.82, 2.24) is 14.9 Å². The van der Waals surface area contributed by atoms with Gasteiger partial charge in [0.25, 0.3) is 0 Å². The van der Waals surface area contributed by atoms with Crippen molar-refractivity contribution in [3.05, 3.63) is 17.8 Å². The number of aromatic nitrogens is 2. The second-order valence-corrected chi connectivity index (χ2v) is 5.34. The average molecular weight is 244 g/mol. The maximum Gasteiger partial charge on any atom is 0.208 e. The molecule has 0 amide bonds. The lowest BCUT2D eigenvalue weighted by Crippen LogP contribution is -2.24. The summed E-state index contributed by atoms with van der Waals surface area (Å²) in [6.45, 7) is 2.94. The van der Waals surface area contributed by atoms with Gasteiger partial charge in [-0.2, -0.15) is 5.10 Å². The van der Waals surface area contributed by atoms with Crippen LogP contribution in [0, 0.1) is 6.92 Å². The number of aryl methyl sites for hydroxylation is 1. The van der Waals surface area contributed by atoms with Gasteiger partial charge in [0.15, 0.2) is 0 Å². The van der Waals surface area contributed by atoms with Crippen LogP contribution in [0.5, 0.6) is 0 Å². The molecule has 1 aromatic heterocycles. The van der Waals surface area contributed by atoms with Crippen molar-refractivity contribution in [3.8, 4) is 0 Å². The molecular formula is C9H16N4O2S. The van der Waals surface area contributed by atoms with Gasteiger partial charge in [-0.3, -0.25) is 0 Å². The molecule has 0 atom stereocenters. The minimum absolute atomic E-state index is 0.422. The van der Waals surface area contributed by atoms with Gasteiger partial charge >= 0.3 is 0 Å². The van der Waals surface area contributed by atoms with Crippen LogP contribution < -0.4 is 10.0 Å². The molecule has 6 nitrogen and oxygen atoms in total. The van der Waals surface area contributed by atoms with Crippen LogP contribution in [0.2, 0.25) is 0 Å². The Bertz CT molecular complexity index is 416. The van der Waals surface area contributed by atoms with Crippen LogP contribution in [-0.2, 0) is 10.0 Å². The molecule has 0 aliphatic rings. The summed E-state index contributed by atoms with van der Waals surface area (Å²) >= 11 is 0. The molecule has 0 unspecified atom stereocenters. The predicted octanol–water partition coefficient (Wildman–Crippen LogP) is 0.136. The smallest absolute Gasteiger partial charge is 0.208 e. The monoisotopic (exact) mass is 244 g/mol. The molecule has 0 aliphatic heterocycles. The van der Waals surface area contributed by atoms with E-state index in [-0.39, 0.29) is 0 Å². The van der Waals surface area contributed by atoms with Crippen molar-refractivity contribution >= 4 is 15.8 Å². The Kier molecular flexibility index (Phi) is 4.63. The third kappa shape index (κ3) is 5.62. The molecule has 0 saturated carbocycles. The van der Waals surface area contributed by atoms with Gasteiger partial charge in [-0.25, -0.2) is 13.1 Å². The molecule has 16 heavy (non-hydrogen) atoms. The average Bonchev–Trinajstić information content (AvgIpc) is 2.19. The second-order valence-electron chi connectivity index (χ2n) is 3.51. The highest BCUT2D eigenvalue weighted by Gasteiger charge is 1.99. The largest absolute Gasteiger partial charge is 0.369 e. The Labute approximate surface area is 95.5 Å². The van der Waals surface area contributed by atoms with Gasteiger partial charge < -0.3 is 5.32 Å². The minimum Gasteiger partial charge on any atom is -0.369 e. The second kappa shape index (κ2) is 5.76. The fourth-order valence-electron chi connectivity index (χ4n) is 1.06. The normalized spacial score (nSPS) is 11.4. The van der Waals surface area contributed by atoms with E-state index in [9.17, 15) is 8.42 Å². The first-order chi connectivity index (χ1) is 7.47. The van der Waals surface area contributed by atoms with Crippen molar-refractivity contribution in [2.45, 2.75) is 13.3 Å². The van der Waals surface area contributed by atoms with Crippen LogP contribution in [0.25, 0.3) is 0 Å². The molecule has 90 valence electrons. The zero-order valence-corrected chi connectivity index (χ0v) is 10.2. The van der Waals surface area contributed by atoms with E-state index in [0.717, 1.165) is 11.9 Å². The van der Waals surface area contributed by atoms with Gasteiger partial charge in [0.1, 0.15) is 5.82 Å². The minimum atomic E-state index is -3.08. The maximum atomic E-state index is 10.7. The molecule has 2 N–H and O–H groups in total. The third-order valence-corrected chi connectivity index (χ3v) is 2.55. The van der Waals surface area contributed by atoms with Crippen molar-refractivity contribution in [1.29, 1.82) is 0 Å². The molecular weight excluding hydrogens is 228 g/mol. The highest BCUT2D eigenvalue weighted by Crippen LogP contribution is 2.00. The zero-order valence-electron chi connectivity index (χ0n) is 9.40. The fraction of sp³-hybridized carbons (Fsp3) is 0.556. The molecule has 1 rings (SSSR count). The van der Waals surface area contributed by atoms with Gasteiger partial charge in [-0.05, 0) is 25.5 Å². The van der Waals surface area contributed by atoms with Crippen LogP contribution in [0.3, 0.4) is 0 Å². The van der Waals surface area contributed by atoms with E-state index in [1.165, 1.54) is 0 Å². The molecule has 1 heterocycles. The molecule has 0 spiro atoms. The third-order valence-electron chi connectivity index (χ3n) is 1.82. The Balaban J connectivity index is 2.19. The summed E-state index contributed by atoms with van der Waals surface area (Å²) in [5.41, 5.74) is 0.865. The van der Waals surface area contributed by atoms with Crippen LogP contribution in [0.15, 0.2) is 12.1 Å². The van der Waals surface area contributed by atoms with Crippen molar-refractivity contribution in [2.75, 3.05) is 24.7 Å². The maximum absolute atomic E-state index is 10.7. The molecule has 7 heteroatoms. The first-order valence-electron chi connectivity index (χ1n) is 4.96. The summed E-state index contributed by atoms with van der Waals surface area (Å²) < 4.78 is 23.9. The fourth-order valence-corrected chi connectivity index (χ4v) is 1.57. The summed E-state index contributed by atoms with van der Waals surface area (Å²) in [6.07, 6.45) is 1.84. The highest BCUT2D eigenvalue weighted by molar-refractivity contribution is 7.88. The molecule has 0 aromatic carbocycles. The summed E-state index contributed by atoms with van der Waals surface area (Å²) in [5.74, 6) is 0.699.